The van der Waals surface area contributed by atoms with Crippen molar-refractivity contribution in [3.05, 3.63) is 59.7 Å². The number of carbonyl (C=O) groups is 1. The molecule has 2 heterocycles. The molecule has 5 heteroatoms. The zero-order valence-corrected chi connectivity index (χ0v) is 12.7. The first-order valence-electron chi connectivity index (χ1n) is 7.51. The van der Waals surface area contributed by atoms with Gasteiger partial charge in [-0.25, -0.2) is 4.79 Å². The van der Waals surface area contributed by atoms with E-state index < -0.39 is 0 Å². The summed E-state index contributed by atoms with van der Waals surface area (Å²) in [5.41, 5.74) is 2.72. The number of nitrogens with zero attached hydrogens (tertiary/aromatic N) is 1. The van der Waals surface area contributed by atoms with Gasteiger partial charge in [-0.3, -0.25) is 0 Å². The number of methoxy groups -OCH3 is 1. The van der Waals surface area contributed by atoms with Crippen molar-refractivity contribution in [1.29, 1.82) is 0 Å². The smallest absolute Gasteiger partial charge is 0.341 e. The predicted octanol–water partition coefficient (Wildman–Crippen LogP) is 2.96. The fourth-order valence-electron chi connectivity index (χ4n) is 3.16. The van der Waals surface area contributed by atoms with Gasteiger partial charge in [-0.05, 0) is 29.8 Å². The maximum atomic E-state index is 12.1. The lowest BCUT2D eigenvalue weighted by atomic mass is 9.83. The molecule has 0 spiro atoms. The summed E-state index contributed by atoms with van der Waals surface area (Å²) in [6.07, 6.45) is 0. The summed E-state index contributed by atoms with van der Waals surface area (Å²) in [6.45, 7) is 0.493. The third-order valence-corrected chi connectivity index (χ3v) is 4.31. The van der Waals surface area contributed by atoms with Gasteiger partial charge < -0.3 is 14.8 Å². The molecule has 0 aromatic heterocycles. The second kappa shape index (κ2) is 5.43. The molecule has 2 amide bonds. The predicted molar refractivity (Wildman–Crippen MR) is 86.2 cm³/mol. The third kappa shape index (κ3) is 2.34. The highest BCUT2D eigenvalue weighted by Gasteiger charge is 2.38. The molecule has 0 saturated heterocycles. The first-order chi connectivity index (χ1) is 11.3. The maximum Gasteiger partial charge on any atom is 0.341 e. The van der Waals surface area contributed by atoms with Gasteiger partial charge in [0.2, 0.25) is 0 Å². The number of ether oxygens (including phenoxy) is 2. The Balaban J connectivity index is 1.74. The highest BCUT2D eigenvalue weighted by molar-refractivity contribution is 6.11. The normalized spacial score (nSPS) is 22.1. The van der Waals surface area contributed by atoms with Crippen LogP contribution in [-0.4, -0.2) is 25.5 Å². The molecule has 2 aromatic carbocycles. The largest absolute Gasteiger partial charge is 0.497 e. The van der Waals surface area contributed by atoms with Crippen molar-refractivity contribution in [1.82, 2.24) is 5.32 Å². The molecule has 0 aliphatic carbocycles. The van der Waals surface area contributed by atoms with Crippen molar-refractivity contribution in [3.63, 3.8) is 0 Å². The average Bonchev–Trinajstić information content (AvgIpc) is 2.61. The van der Waals surface area contributed by atoms with Crippen LogP contribution in [0.15, 0.2) is 53.5 Å². The SMILES string of the molecule is COc1ccc(C2NC(=O)N=C3c4ccccc4OCC32)cc1. The Morgan fingerprint density at radius 3 is 2.74 bits per heavy atom. The lowest BCUT2D eigenvalue weighted by Crippen LogP contribution is -2.45. The van der Waals surface area contributed by atoms with E-state index in [2.05, 4.69) is 10.3 Å². The summed E-state index contributed by atoms with van der Waals surface area (Å²) in [5.74, 6) is 1.57. The molecule has 2 aliphatic rings. The number of hydrogen-bond acceptors (Lipinski definition) is 3. The first-order valence-corrected chi connectivity index (χ1v) is 7.51. The van der Waals surface area contributed by atoms with Crippen LogP contribution in [0, 0.1) is 5.92 Å². The highest BCUT2D eigenvalue weighted by Crippen LogP contribution is 2.36. The van der Waals surface area contributed by atoms with Gasteiger partial charge in [0.15, 0.2) is 0 Å². The molecule has 5 nitrogen and oxygen atoms in total. The number of hydrogen-bond donors (Lipinski definition) is 1. The van der Waals surface area contributed by atoms with E-state index in [-0.39, 0.29) is 18.0 Å². The van der Waals surface area contributed by atoms with Crippen LogP contribution in [0.3, 0.4) is 0 Å². The number of para-hydroxylation sites is 1. The zero-order valence-electron chi connectivity index (χ0n) is 12.7. The van der Waals surface area contributed by atoms with E-state index in [1.54, 1.807) is 7.11 Å². The molecular formula is C18H16N2O3. The van der Waals surface area contributed by atoms with E-state index in [0.717, 1.165) is 28.3 Å². The first kappa shape index (κ1) is 13.8. The van der Waals surface area contributed by atoms with Crippen molar-refractivity contribution >= 4 is 11.7 Å². The van der Waals surface area contributed by atoms with Gasteiger partial charge in [0, 0.05) is 5.56 Å². The lowest BCUT2D eigenvalue weighted by molar-refractivity contribution is 0.217. The topological polar surface area (TPSA) is 59.9 Å². The van der Waals surface area contributed by atoms with Crippen LogP contribution in [0.4, 0.5) is 4.79 Å². The summed E-state index contributed by atoms with van der Waals surface area (Å²) in [7, 11) is 1.63. The minimum atomic E-state index is -0.311. The van der Waals surface area contributed by atoms with Gasteiger partial charge in [0.25, 0.3) is 0 Å². The number of rotatable bonds is 2. The Kier molecular flexibility index (Phi) is 3.26. The number of benzene rings is 2. The fourth-order valence-corrected chi connectivity index (χ4v) is 3.16. The van der Waals surface area contributed by atoms with Crippen LogP contribution in [-0.2, 0) is 0 Å². The summed E-state index contributed by atoms with van der Waals surface area (Å²) >= 11 is 0. The monoisotopic (exact) mass is 308 g/mol. The van der Waals surface area contributed by atoms with Crippen LogP contribution in [0.1, 0.15) is 17.2 Å². The van der Waals surface area contributed by atoms with Crippen LogP contribution in [0.25, 0.3) is 0 Å². The second-order valence-electron chi connectivity index (χ2n) is 5.61. The molecule has 116 valence electrons. The molecule has 1 N–H and O–H groups in total. The maximum absolute atomic E-state index is 12.1. The quantitative estimate of drug-likeness (QED) is 0.928. The van der Waals surface area contributed by atoms with E-state index >= 15 is 0 Å². The third-order valence-electron chi connectivity index (χ3n) is 4.31. The molecule has 23 heavy (non-hydrogen) atoms. The Labute approximate surface area is 134 Å². The molecule has 4 rings (SSSR count). The summed E-state index contributed by atoms with van der Waals surface area (Å²) in [4.78, 5) is 16.3. The Bertz CT molecular complexity index is 783. The summed E-state index contributed by atoms with van der Waals surface area (Å²) in [6, 6.07) is 15.0. The Hall–Kier alpha value is -2.82. The van der Waals surface area contributed by atoms with Crippen LogP contribution in [0.5, 0.6) is 11.5 Å². The van der Waals surface area contributed by atoms with Crippen LogP contribution < -0.4 is 14.8 Å². The molecule has 2 aliphatic heterocycles. The molecule has 2 aromatic rings. The van der Waals surface area contributed by atoms with Crippen LogP contribution >= 0.6 is 0 Å². The van der Waals surface area contributed by atoms with Gasteiger partial charge in [-0.15, -0.1) is 0 Å². The van der Waals surface area contributed by atoms with E-state index in [4.69, 9.17) is 9.47 Å². The highest BCUT2D eigenvalue weighted by atomic mass is 16.5. The van der Waals surface area contributed by atoms with Gasteiger partial charge in [0.05, 0.1) is 31.4 Å². The fraction of sp³-hybridized carbons (Fsp3) is 0.222. The Morgan fingerprint density at radius 2 is 1.96 bits per heavy atom. The molecule has 2 unspecified atom stereocenters. The second-order valence-corrected chi connectivity index (χ2v) is 5.61. The minimum absolute atomic E-state index is 0.00371. The number of nitrogens with one attached hydrogen (secondary N) is 1. The lowest BCUT2D eigenvalue weighted by Gasteiger charge is -2.36. The van der Waals surface area contributed by atoms with E-state index in [1.807, 2.05) is 48.5 Å². The number of urea groups is 1. The number of fused-ring (bicyclic) bond motifs is 3. The van der Waals surface area contributed by atoms with Gasteiger partial charge in [-0.2, -0.15) is 4.99 Å². The zero-order chi connectivity index (χ0) is 15.8. The van der Waals surface area contributed by atoms with Crippen molar-refractivity contribution in [2.45, 2.75) is 6.04 Å². The minimum Gasteiger partial charge on any atom is -0.497 e. The van der Waals surface area contributed by atoms with E-state index in [9.17, 15) is 4.79 Å². The molecule has 2 atom stereocenters. The van der Waals surface area contributed by atoms with Crippen molar-refractivity contribution in [2.24, 2.45) is 10.9 Å². The number of carbonyl (C=O) groups excluding carboxylic acids is 1. The molecular weight excluding hydrogens is 292 g/mol. The van der Waals surface area contributed by atoms with Gasteiger partial charge >= 0.3 is 6.03 Å². The molecule has 0 bridgehead atoms. The van der Waals surface area contributed by atoms with E-state index in [0.29, 0.717) is 6.61 Å². The number of aliphatic imine (C=N–C) groups is 1. The van der Waals surface area contributed by atoms with Crippen molar-refractivity contribution < 1.29 is 14.3 Å². The average molecular weight is 308 g/mol. The van der Waals surface area contributed by atoms with Gasteiger partial charge in [0.1, 0.15) is 11.5 Å². The molecule has 0 fully saturated rings. The van der Waals surface area contributed by atoms with Crippen molar-refractivity contribution in [2.75, 3.05) is 13.7 Å². The van der Waals surface area contributed by atoms with Crippen molar-refractivity contribution in [3.8, 4) is 11.5 Å². The van der Waals surface area contributed by atoms with E-state index in [1.165, 1.54) is 0 Å². The van der Waals surface area contributed by atoms with Gasteiger partial charge in [-0.1, -0.05) is 24.3 Å². The standard InChI is InChI=1S/C18H16N2O3/c1-22-12-8-6-11(7-9-12)16-14-10-23-15-5-3-2-4-13(15)17(14)20-18(21)19-16/h2-9,14,16H,10H2,1H3,(H,19,21). The molecule has 0 saturated carbocycles. The van der Waals surface area contributed by atoms with Crippen LogP contribution in [0.2, 0.25) is 0 Å². The summed E-state index contributed by atoms with van der Waals surface area (Å²) in [5, 5.41) is 2.95. The number of amides is 2. The Morgan fingerprint density at radius 1 is 1.17 bits per heavy atom. The molecule has 0 radical (unpaired) electrons. The summed E-state index contributed by atoms with van der Waals surface area (Å²) < 4.78 is 11.1.